The van der Waals surface area contributed by atoms with Crippen LogP contribution in [0.5, 0.6) is 5.75 Å². The number of nitrogens with zero attached hydrogens (tertiary/aromatic N) is 1. The maximum atomic E-state index is 10.8. The van der Waals surface area contributed by atoms with E-state index in [2.05, 4.69) is 4.90 Å². The second-order valence-corrected chi connectivity index (χ2v) is 5.28. The zero-order valence-electron chi connectivity index (χ0n) is 12.3. The van der Waals surface area contributed by atoms with Gasteiger partial charge in [-0.15, -0.1) is 12.4 Å². The van der Waals surface area contributed by atoms with Gasteiger partial charge in [0.25, 0.3) is 0 Å². The third kappa shape index (κ3) is 6.36. The number of rotatable bonds is 7. The summed E-state index contributed by atoms with van der Waals surface area (Å²) in [6.07, 6.45) is 4.98. The number of carboxylic acid groups (broad SMARTS) is 1. The van der Waals surface area contributed by atoms with Crippen molar-refractivity contribution in [3.05, 3.63) is 29.8 Å². The minimum atomic E-state index is -0.825. The van der Waals surface area contributed by atoms with Crippen molar-refractivity contribution in [1.29, 1.82) is 0 Å². The van der Waals surface area contributed by atoms with Crippen molar-refractivity contribution < 1.29 is 14.6 Å². The Morgan fingerprint density at radius 1 is 1.19 bits per heavy atom. The van der Waals surface area contributed by atoms with E-state index in [1.807, 2.05) is 24.3 Å². The highest BCUT2D eigenvalue weighted by Crippen LogP contribution is 2.19. The Morgan fingerprint density at radius 2 is 1.90 bits per heavy atom. The van der Waals surface area contributed by atoms with E-state index in [1.54, 1.807) is 0 Å². The van der Waals surface area contributed by atoms with Gasteiger partial charge in [0.15, 0.2) is 0 Å². The molecule has 0 radical (unpaired) electrons. The molecule has 0 saturated carbocycles. The Labute approximate surface area is 132 Å². The van der Waals surface area contributed by atoms with Gasteiger partial charge in [-0.3, -0.25) is 4.79 Å². The van der Waals surface area contributed by atoms with Crippen molar-refractivity contribution in [2.75, 3.05) is 26.2 Å². The molecule has 0 amide bonds. The number of benzene rings is 1. The summed E-state index contributed by atoms with van der Waals surface area (Å²) in [5.41, 5.74) is 0.748. The molecule has 21 heavy (non-hydrogen) atoms. The Balaban J connectivity index is 0.00000220. The van der Waals surface area contributed by atoms with Gasteiger partial charge in [0.1, 0.15) is 5.75 Å². The Morgan fingerprint density at radius 3 is 2.62 bits per heavy atom. The lowest BCUT2D eigenvalue weighted by Crippen LogP contribution is -2.31. The molecular formula is C16H24ClNO3. The predicted octanol–water partition coefficient (Wildman–Crippen LogP) is 2.99. The minimum Gasteiger partial charge on any atom is -0.493 e. The second kappa shape index (κ2) is 9.64. The number of para-hydroxylation sites is 1. The first-order valence-corrected chi connectivity index (χ1v) is 7.40. The molecule has 1 heterocycles. The number of ether oxygens (including phenoxy) is 1. The van der Waals surface area contributed by atoms with E-state index in [4.69, 9.17) is 9.84 Å². The zero-order valence-corrected chi connectivity index (χ0v) is 13.1. The fraction of sp³-hybridized carbons (Fsp3) is 0.562. The highest BCUT2D eigenvalue weighted by molar-refractivity contribution is 5.85. The lowest BCUT2D eigenvalue weighted by Gasteiger charge is -2.26. The molecule has 118 valence electrons. The van der Waals surface area contributed by atoms with E-state index >= 15 is 0 Å². The molecule has 2 rings (SSSR count). The van der Waals surface area contributed by atoms with E-state index in [-0.39, 0.29) is 18.8 Å². The van der Waals surface area contributed by atoms with Gasteiger partial charge < -0.3 is 14.7 Å². The molecule has 1 N–H and O–H groups in total. The maximum absolute atomic E-state index is 10.8. The van der Waals surface area contributed by atoms with Crippen molar-refractivity contribution in [2.45, 2.75) is 32.1 Å². The molecule has 0 spiro atoms. The summed E-state index contributed by atoms with van der Waals surface area (Å²) in [5.74, 6) is -0.122. The number of likely N-dealkylation sites (tertiary alicyclic amines) is 1. The summed E-state index contributed by atoms with van der Waals surface area (Å²) in [4.78, 5) is 13.3. The number of hydrogen-bond donors (Lipinski definition) is 1. The van der Waals surface area contributed by atoms with Crippen LogP contribution in [0.4, 0.5) is 0 Å². The smallest absolute Gasteiger partial charge is 0.307 e. The van der Waals surface area contributed by atoms with Crippen molar-refractivity contribution in [3.8, 4) is 5.75 Å². The molecule has 1 fully saturated rings. The summed E-state index contributed by atoms with van der Waals surface area (Å²) in [6.45, 7) is 4.12. The highest BCUT2D eigenvalue weighted by Gasteiger charge is 2.10. The third-order valence-electron chi connectivity index (χ3n) is 3.64. The lowest BCUT2D eigenvalue weighted by molar-refractivity contribution is -0.136. The number of carboxylic acids is 1. The first kappa shape index (κ1) is 17.8. The summed E-state index contributed by atoms with van der Waals surface area (Å²) >= 11 is 0. The van der Waals surface area contributed by atoms with Gasteiger partial charge in [-0.1, -0.05) is 24.6 Å². The monoisotopic (exact) mass is 313 g/mol. The van der Waals surface area contributed by atoms with Crippen molar-refractivity contribution in [2.24, 2.45) is 0 Å². The van der Waals surface area contributed by atoms with E-state index in [9.17, 15) is 4.79 Å². The van der Waals surface area contributed by atoms with Crippen molar-refractivity contribution in [1.82, 2.24) is 4.90 Å². The second-order valence-electron chi connectivity index (χ2n) is 5.28. The minimum absolute atomic E-state index is 0. The zero-order chi connectivity index (χ0) is 14.2. The van der Waals surface area contributed by atoms with Gasteiger partial charge in [-0.2, -0.15) is 0 Å². The quantitative estimate of drug-likeness (QED) is 0.786. The fourth-order valence-corrected chi connectivity index (χ4v) is 2.61. The Kier molecular flexibility index (Phi) is 8.16. The average Bonchev–Trinajstić information content (AvgIpc) is 2.46. The summed E-state index contributed by atoms with van der Waals surface area (Å²) < 4.78 is 5.74. The molecule has 0 aromatic heterocycles. The van der Waals surface area contributed by atoms with Gasteiger partial charge in [0.2, 0.25) is 0 Å². The number of carbonyl (C=O) groups is 1. The van der Waals surface area contributed by atoms with Crippen LogP contribution in [0.25, 0.3) is 0 Å². The summed E-state index contributed by atoms with van der Waals surface area (Å²) in [5, 5.41) is 8.87. The van der Waals surface area contributed by atoms with E-state index < -0.39 is 5.97 Å². The van der Waals surface area contributed by atoms with Crippen molar-refractivity contribution >= 4 is 18.4 Å². The fourth-order valence-electron chi connectivity index (χ4n) is 2.61. The normalized spacial score (nSPS) is 15.2. The van der Waals surface area contributed by atoms with Gasteiger partial charge >= 0.3 is 5.97 Å². The molecule has 0 aliphatic carbocycles. The lowest BCUT2D eigenvalue weighted by atomic mass is 10.1. The molecule has 0 bridgehead atoms. The van der Waals surface area contributed by atoms with Gasteiger partial charge in [0.05, 0.1) is 13.0 Å². The highest BCUT2D eigenvalue weighted by atomic mass is 35.5. The summed E-state index contributed by atoms with van der Waals surface area (Å²) in [6, 6.07) is 7.39. The molecule has 1 saturated heterocycles. The first-order chi connectivity index (χ1) is 9.75. The van der Waals surface area contributed by atoms with E-state index in [0.29, 0.717) is 12.4 Å². The van der Waals surface area contributed by atoms with Crippen LogP contribution >= 0.6 is 12.4 Å². The van der Waals surface area contributed by atoms with Crippen LogP contribution in [0.3, 0.4) is 0 Å². The molecule has 5 heteroatoms. The van der Waals surface area contributed by atoms with Crippen LogP contribution in [-0.4, -0.2) is 42.2 Å². The maximum Gasteiger partial charge on any atom is 0.307 e. The van der Waals surface area contributed by atoms with Gasteiger partial charge in [-0.05, 0) is 38.4 Å². The molecule has 0 unspecified atom stereocenters. The van der Waals surface area contributed by atoms with Crippen LogP contribution in [0.15, 0.2) is 24.3 Å². The Hall–Kier alpha value is -1.26. The first-order valence-electron chi connectivity index (χ1n) is 7.40. The van der Waals surface area contributed by atoms with E-state index in [0.717, 1.165) is 18.5 Å². The predicted molar refractivity (Wildman–Crippen MR) is 85.4 cm³/mol. The van der Waals surface area contributed by atoms with Crippen LogP contribution in [0, 0.1) is 0 Å². The number of halogens is 1. The third-order valence-corrected chi connectivity index (χ3v) is 3.64. The van der Waals surface area contributed by atoms with Crippen LogP contribution < -0.4 is 4.74 Å². The molecule has 1 aliphatic rings. The topological polar surface area (TPSA) is 49.8 Å². The molecule has 0 atom stereocenters. The largest absolute Gasteiger partial charge is 0.493 e. The average molecular weight is 314 g/mol. The van der Waals surface area contributed by atoms with Crippen LogP contribution in [0.1, 0.15) is 31.2 Å². The Bertz CT molecular complexity index is 433. The number of aliphatic carboxylic acids is 1. The number of piperidine rings is 1. The SMILES string of the molecule is Cl.O=C(O)Cc1ccccc1OCCCN1CCCCC1. The number of hydrogen-bond acceptors (Lipinski definition) is 3. The van der Waals surface area contributed by atoms with E-state index in [1.165, 1.54) is 32.4 Å². The molecule has 1 aliphatic heterocycles. The molecule has 4 nitrogen and oxygen atoms in total. The van der Waals surface area contributed by atoms with Gasteiger partial charge in [-0.25, -0.2) is 0 Å². The summed E-state index contributed by atoms with van der Waals surface area (Å²) in [7, 11) is 0. The molecular weight excluding hydrogens is 290 g/mol. The molecule has 1 aromatic rings. The van der Waals surface area contributed by atoms with Crippen molar-refractivity contribution in [3.63, 3.8) is 0 Å². The van der Waals surface area contributed by atoms with Crippen LogP contribution in [-0.2, 0) is 11.2 Å². The molecule has 1 aromatic carbocycles. The standard InChI is InChI=1S/C16H23NO3.ClH/c18-16(19)13-14-7-2-3-8-15(14)20-12-6-11-17-9-4-1-5-10-17;/h2-3,7-8H,1,4-6,9-13H2,(H,18,19);1H. The van der Waals surface area contributed by atoms with Gasteiger partial charge in [0, 0.05) is 12.1 Å². The van der Waals surface area contributed by atoms with Crippen LogP contribution in [0.2, 0.25) is 0 Å².